The topological polar surface area (TPSA) is 290 Å². The van der Waals surface area contributed by atoms with Gasteiger partial charge in [0.15, 0.2) is 5.96 Å². The first kappa shape index (κ1) is 29.0. The number of nitrogens with two attached hydrogens (primary N) is 3. The van der Waals surface area contributed by atoms with Gasteiger partial charge in [0.25, 0.3) is 0 Å². The van der Waals surface area contributed by atoms with Crippen LogP contribution in [-0.2, 0) is 28.8 Å². The second-order valence-electron chi connectivity index (χ2n) is 6.76. The molecule has 33 heavy (non-hydrogen) atoms. The summed E-state index contributed by atoms with van der Waals surface area (Å²) in [6, 6.07) is -4.53. The van der Waals surface area contributed by atoms with E-state index >= 15 is 0 Å². The van der Waals surface area contributed by atoms with E-state index in [0.29, 0.717) is 0 Å². The highest BCUT2D eigenvalue weighted by molar-refractivity contribution is 5.94. The molecule has 0 aliphatic heterocycles. The summed E-state index contributed by atoms with van der Waals surface area (Å²) in [4.78, 5) is 73.5. The number of carbonyl (C=O) groups is 6. The minimum Gasteiger partial charge on any atom is -0.481 e. The molecule has 0 radical (unpaired) electrons. The van der Waals surface area contributed by atoms with Gasteiger partial charge < -0.3 is 48.5 Å². The van der Waals surface area contributed by atoms with Gasteiger partial charge in [0.2, 0.25) is 17.7 Å². The molecular formula is C17H29N7O9. The lowest BCUT2D eigenvalue weighted by molar-refractivity contribution is -0.147. The predicted octanol–water partition coefficient (Wildman–Crippen LogP) is -4.12. The van der Waals surface area contributed by atoms with Gasteiger partial charge in [-0.25, -0.2) is 4.79 Å². The second-order valence-corrected chi connectivity index (χ2v) is 6.76. The van der Waals surface area contributed by atoms with E-state index in [1.165, 1.54) is 0 Å². The van der Waals surface area contributed by atoms with Crippen LogP contribution in [0.1, 0.15) is 32.1 Å². The third kappa shape index (κ3) is 13.1. The minimum atomic E-state index is -1.81. The molecule has 0 aliphatic carbocycles. The van der Waals surface area contributed by atoms with E-state index in [1.807, 2.05) is 5.32 Å². The summed E-state index contributed by atoms with van der Waals surface area (Å²) in [5, 5.41) is 33.3. The van der Waals surface area contributed by atoms with Crippen molar-refractivity contribution in [3.05, 3.63) is 0 Å². The van der Waals surface area contributed by atoms with Gasteiger partial charge in [-0.15, -0.1) is 0 Å². The summed E-state index contributed by atoms with van der Waals surface area (Å²) in [7, 11) is 0. The molecule has 186 valence electrons. The molecule has 16 nitrogen and oxygen atoms in total. The van der Waals surface area contributed by atoms with Crippen LogP contribution in [-0.4, -0.2) is 88.1 Å². The molecule has 0 saturated heterocycles. The van der Waals surface area contributed by atoms with Gasteiger partial charge in [0.05, 0.1) is 13.0 Å². The van der Waals surface area contributed by atoms with Crippen LogP contribution in [0.3, 0.4) is 0 Å². The summed E-state index contributed by atoms with van der Waals surface area (Å²) in [5.74, 6) is -7.29. The van der Waals surface area contributed by atoms with Crippen LogP contribution in [0.2, 0.25) is 0 Å². The first-order valence-corrected chi connectivity index (χ1v) is 9.69. The van der Waals surface area contributed by atoms with Crippen molar-refractivity contribution >= 4 is 41.6 Å². The number of hydrogen-bond donors (Lipinski definition) is 9. The second kappa shape index (κ2) is 15.0. The summed E-state index contributed by atoms with van der Waals surface area (Å²) in [5.41, 5.74) is 15.7. The average Bonchev–Trinajstić information content (AvgIpc) is 2.71. The van der Waals surface area contributed by atoms with Crippen LogP contribution in [0.15, 0.2) is 4.99 Å². The Morgan fingerprint density at radius 1 is 0.788 bits per heavy atom. The van der Waals surface area contributed by atoms with Gasteiger partial charge in [0.1, 0.15) is 18.1 Å². The molecule has 0 fully saturated rings. The van der Waals surface area contributed by atoms with Crippen LogP contribution in [0, 0.1) is 0 Å². The van der Waals surface area contributed by atoms with Crippen LogP contribution < -0.4 is 33.2 Å². The van der Waals surface area contributed by atoms with E-state index in [2.05, 4.69) is 15.6 Å². The standard InChI is InChI=1S/C17H29N7O9/c18-7-11(25)22-8(2-1-5-21-17(19)20)14(30)23-9(3-4-12(26)27)15(31)24-10(16(32)33)6-13(28)29/h8-10H,1-7,18H2,(H,22,25)(H,23,30)(H,24,31)(H,26,27)(H,28,29)(H,32,33)(H4,19,20,21)/t8-,9-,10-/m0/s1. The largest absolute Gasteiger partial charge is 0.481 e. The van der Waals surface area contributed by atoms with E-state index in [4.69, 9.17) is 32.5 Å². The first-order valence-electron chi connectivity index (χ1n) is 9.69. The van der Waals surface area contributed by atoms with Crippen molar-refractivity contribution in [2.75, 3.05) is 13.1 Å². The molecule has 0 spiro atoms. The van der Waals surface area contributed by atoms with Crippen LogP contribution in [0.5, 0.6) is 0 Å². The maximum Gasteiger partial charge on any atom is 0.326 e. The van der Waals surface area contributed by atoms with Gasteiger partial charge in [0, 0.05) is 13.0 Å². The summed E-state index contributed by atoms with van der Waals surface area (Å²) in [6.45, 7) is -0.306. The number of aliphatic carboxylic acids is 3. The zero-order chi connectivity index (χ0) is 25.6. The Morgan fingerprint density at radius 2 is 1.33 bits per heavy atom. The van der Waals surface area contributed by atoms with E-state index in [9.17, 15) is 28.8 Å². The van der Waals surface area contributed by atoms with E-state index in [-0.39, 0.29) is 25.3 Å². The normalized spacial score (nSPS) is 13.0. The van der Waals surface area contributed by atoms with Crippen molar-refractivity contribution < 1.29 is 44.1 Å². The van der Waals surface area contributed by atoms with Crippen molar-refractivity contribution in [2.24, 2.45) is 22.2 Å². The fraction of sp³-hybridized carbons (Fsp3) is 0.588. The Hall–Kier alpha value is -3.95. The van der Waals surface area contributed by atoms with Crippen molar-refractivity contribution in [2.45, 2.75) is 50.2 Å². The lowest BCUT2D eigenvalue weighted by Gasteiger charge is -2.24. The zero-order valence-electron chi connectivity index (χ0n) is 17.7. The molecule has 0 aromatic heterocycles. The molecule has 0 saturated carbocycles. The number of hydrogen-bond acceptors (Lipinski definition) is 8. The summed E-state index contributed by atoms with van der Waals surface area (Å²) in [6.07, 6.45) is -1.68. The number of carboxylic acid groups (broad SMARTS) is 3. The van der Waals surface area contributed by atoms with Gasteiger partial charge in [-0.2, -0.15) is 0 Å². The fourth-order valence-electron chi connectivity index (χ4n) is 2.48. The summed E-state index contributed by atoms with van der Waals surface area (Å²) >= 11 is 0. The molecule has 0 unspecified atom stereocenters. The first-order chi connectivity index (χ1) is 15.4. The van der Waals surface area contributed by atoms with E-state index < -0.39 is 79.6 Å². The number of rotatable bonds is 16. The molecule has 0 aromatic carbocycles. The van der Waals surface area contributed by atoms with Gasteiger partial charge >= 0.3 is 17.9 Å². The Kier molecular flexibility index (Phi) is 13.2. The Morgan fingerprint density at radius 3 is 1.79 bits per heavy atom. The maximum atomic E-state index is 12.7. The number of nitrogens with one attached hydrogen (secondary N) is 3. The van der Waals surface area contributed by atoms with Gasteiger partial charge in [-0.1, -0.05) is 0 Å². The highest BCUT2D eigenvalue weighted by Gasteiger charge is 2.30. The number of carbonyl (C=O) groups excluding carboxylic acids is 3. The minimum absolute atomic E-state index is 0.0262. The number of guanidine groups is 1. The zero-order valence-corrected chi connectivity index (χ0v) is 17.7. The SMILES string of the molecule is NCC(=O)N[C@@H](CCCN=C(N)N)C(=O)N[C@@H](CCC(=O)O)C(=O)N[C@@H](CC(=O)O)C(=O)O. The molecular weight excluding hydrogens is 446 g/mol. The van der Waals surface area contributed by atoms with E-state index in [1.54, 1.807) is 0 Å². The van der Waals surface area contributed by atoms with Crippen LogP contribution in [0.25, 0.3) is 0 Å². The monoisotopic (exact) mass is 475 g/mol. The van der Waals surface area contributed by atoms with E-state index in [0.717, 1.165) is 0 Å². The highest BCUT2D eigenvalue weighted by atomic mass is 16.4. The molecule has 0 bridgehead atoms. The number of amides is 3. The predicted molar refractivity (Wildman–Crippen MR) is 112 cm³/mol. The van der Waals surface area contributed by atoms with Gasteiger partial charge in [-0.3, -0.25) is 29.0 Å². The molecule has 0 rings (SSSR count). The molecule has 16 heteroatoms. The van der Waals surface area contributed by atoms with Crippen LogP contribution in [0.4, 0.5) is 0 Å². The quantitative estimate of drug-likeness (QED) is 0.0584. The van der Waals surface area contributed by atoms with Crippen LogP contribution >= 0.6 is 0 Å². The summed E-state index contributed by atoms with van der Waals surface area (Å²) < 4.78 is 0. The van der Waals surface area contributed by atoms with Crippen molar-refractivity contribution in [3.8, 4) is 0 Å². The molecule has 0 heterocycles. The Labute approximate surface area is 187 Å². The fourth-order valence-corrected chi connectivity index (χ4v) is 2.48. The number of aliphatic imine (C=N–C) groups is 1. The molecule has 0 aliphatic rings. The Bertz CT molecular complexity index is 768. The lowest BCUT2D eigenvalue weighted by Crippen LogP contribution is -2.56. The average molecular weight is 475 g/mol. The van der Waals surface area contributed by atoms with Gasteiger partial charge in [-0.05, 0) is 19.3 Å². The van der Waals surface area contributed by atoms with Crippen molar-refractivity contribution in [1.29, 1.82) is 0 Å². The lowest BCUT2D eigenvalue weighted by atomic mass is 10.1. The number of carboxylic acids is 3. The molecule has 0 aromatic rings. The van der Waals surface area contributed by atoms with Crippen molar-refractivity contribution in [3.63, 3.8) is 0 Å². The molecule has 3 amide bonds. The maximum absolute atomic E-state index is 12.7. The van der Waals surface area contributed by atoms with Crippen molar-refractivity contribution in [1.82, 2.24) is 16.0 Å². The smallest absolute Gasteiger partial charge is 0.326 e. The Balaban J connectivity index is 5.47. The number of nitrogens with zero attached hydrogens (tertiary/aromatic N) is 1. The third-order valence-electron chi connectivity index (χ3n) is 4.06. The highest BCUT2D eigenvalue weighted by Crippen LogP contribution is 2.05. The molecule has 12 N–H and O–H groups in total. The molecule has 3 atom stereocenters. The third-order valence-corrected chi connectivity index (χ3v) is 4.06.